The third-order valence-electron chi connectivity index (χ3n) is 2.85. The van der Waals surface area contributed by atoms with Crippen molar-refractivity contribution in [1.29, 1.82) is 5.26 Å². The van der Waals surface area contributed by atoms with E-state index in [0.717, 1.165) is 0 Å². The predicted molar refractivity (Wildman–Crippen MR) is 75.5 cm³/mol. The molecule has 0 aliphatic rings. The second-order valence-corrected chi connectivity index (χ2v) is 4.24. The van der Waals surface area contributed by atoms with Gasteiger partial charge < -0.3 is 5.11 Å². The number of aromatic nitrogens is 1. The minimum Gasteiger partial charge on any atom is -0.494 e. The van der Waals surface area contributed by atoms with Crippen LogP contribution in [0.25, 0.3) is 0 Å². The van der Waals surface area contributed by atoms with Gasteiger partial charge in [-0.25, -0.2) is 0 Å². The Labute approximate surface area is 123 Å². The van der Waals surface area contributed by atoms with Crippen LogP contribution in [0.15, 0.2) is 39.3 Å². The Bertz CT molecular complexity index is 862. The van der Waals surface area contributed by atoms with Crippen LogP contribution in [0.5, 0.6) is 5.88 Å². The molecule has 22 heavy (non-hydrogen) atoms. The number of hydrogen-bond acceptors (Lipinski definition) is 7. The number of nitriles is 1. The van der Waals surface area contributed by atoms with Crippen molar-refractivity contribution in [2.45, 2.75) is 6.92 Å². The van der Waals surface area contributed by atoms with E-state index >= 15 is 0 Å². The van der Waals surface area contributed by atoms with Crippen molar-refractivity contribution in [3.05, 3.63) is 55.9 Å². The highest BCUT2D eigenvalue weighted by Crippen LogP contribution is 2.25. The summed E-state index contributed by atoms with van der Waals surface area (Å²) in [6.45, 7) is 1.46. The highest BCUT2D eigenvalue weighted by Gasteiger charge is 2.13. The molecule has 1 aromatic carbocycles. The first kappa shape index (κ1) is 14.9. The summed E-state index contributed by atoms with van der Waals surface area (Å²) in [4.78, 5) is 23.8. The molecule has 1 aromatic heterocycles. The molecule has 2 rings (SSSR count). The Hall–Kier alpha value is -3.54. The van der Waals surface area contributed by atoms with Crippen LogP contribution in [0.1, 0.15) is 11.1 Å². The molecule has 2 aromatic rings. The summed E-state index contributed by atoms with van der Waals surface area (Å²) in [5.41, 5.74) is -0.514. The highest BCUT2D eigenvalue weighted by atomic mass is 16.6. The number of non-ortho nitro benzene ring substituents is 1. The Morgan fingerprint density at radius 3 is 2.50 bits per heavy atom. The minimum atomic E-state index is -0.695. The van der Waals surface area contributed by atoms with Gasteiger partial charge in [-0.2, -0.15) is 10.4 Å². The zero-order chi connectivity index (χ0) is 16.3. The molecule has 0 aliphatic heterocycles. The Kier molecular flexibility index (Phi) is 3.94. The van der Waals surface area contributed by atoms with Crippen LogP contribution in [0.3, 0.4) is 0 Å². The van der Waals surface area contributed by atoms with E-state index in [1.54, 1.807) is 6.07 Å². The summed E-state index contributed by atoms with van der Waals surface area (Å²) in [5, 5.41) is 36.4. The Balaban J connectivity index is 2.41. The second kappa shape index (κ2) is 5.84. The predicted octanol–water partition coefficient (Wildman–Crippen LogP) is 2.58. The monoisotopic (exact) mass is 299 g/mol. The van der Waals surface area contributed by atoms with Gasteiger partial charge in [-0.15, -0.1) is 5.11 Å². The number of hydrogen-bond donors (Lipinski definition) is 2. The SMILES string of the molecule is Cc1c(C#N)c(O)[nH]c(=O)c1N=Nc1ccc([N+](=O)[O-])cc1. The van der Waals surface area contributed by atoms with Crippen molar-refractivity contribution in [3.63, 3.8) is 0 Å². The summed E-state index contributed by atoms with van der Waals surface area (Å²) < 4.78 is 0. The van der Waals surface area contributed by atoms with Crippen molar-refractivity contribution in [2.75, 3.05) is 0 Å². The molecule has 0 spiro atoms. The lowest BCUT2D eigenvalue weighted by Crippen LogP contribution is -2.08. The van der Waals surface area contributed by atoms with E-state index in [1.807, 2.05) is 0 Å². The molecule has 0 unspecified atom stereocenters. The van der Waals surface area contributed by atoms with Gasteiger partial charge in [0.1, 0.15) is 11.6 Å². The molecule has 1 heterocycles. The molecule has 110 valence electrons. The Morgan fingerprint density at radius 1 is 1.32 bits per heavy atom. The van der Waals surface area contributed by atoms with E-state index in [1.165, 1.54) is 31.2 Å². The lowest BCUT2D eigenvalue weighted by molar-refractivity contribution is -0.384. The molecule has 0 bridgehead atoms. The smallest absolute Gasteiger partial charge is 0.278 e. The maximum Gasteiger partial charge on any atom is 0.278 e. The number of nitro groups is 1. The van der Waals surface area contributed by atoms with E-state index in [2.05, 4.69) is 15.2 Å². The van der Waals surface area contributed by atoms with E-state index in [4.69, 9.17) is 5.26 Å². The zero-order valence-electron chi connectivity index (χ0n) is 11.3. The average molecular weight is 299 g/mol. The number of aromatic hydroxyl groups is 1. The molecule has 0 saturated heterocycles. The van der Waals surface area contributed by atoms with Crippen molar-refractivity contribution < 1.29 is 10.0 Å². The number of nitrogens with one attached hydrogen (secondary N) is 1. The minimum absolute atomic E-state index is 0.0932. The fourth-order valence-electron chi connectivity index (χ4n) is 1.70. The van der Waals surface area contributed by atoms with E-state index in [9.17, 15) is 20.0 Å². The van der Waals surface area contributed by atoms with Crippen LogP contribution in [0.4, 0.5) is 17.1 Å². The van der Waals surface area contributed by atoms with Gasteiger partial charge in [0, 0.05) is 17.7 Å². The number of nitro benzene ring substituents is 1. The van der Waals surface area contributed by atoms with Crippen molar-refractivity contribution in [2.24, 2.45) is 10.2 Å². The summed E-state index contributed by atoms with van der Waals surface area (Å²) >= 11 is 0. The second-order valence-electron chi connectivity index (χ2n) is 4.24. The Morgan fingerprint density at radius 2 is 1.95 bits per heavy atom. The number of H-pyrrole nitrogens is 1. The number of aromatic amines is 1. The van der Waals surface area contributed by atoms with Crippen LogP contribution in [-0.4, -0.2) is 15.0 Å². The number of benzene rings is 1. The van der Waals surface area contributed by atoms with E-state index in [0.29, 0.717) is 5.69 Å². The maximum absolute atomic E-state index is 11.7. The van der Waals surface area contributed by atoms with Gasteiger partial charge >= 0.3 is 0 Å². The first-order valence-corrected chi connectivity index (χ1v) is 5.96. The summed E-state index contributed by atoms with van der Waals surface area (Å²) in [5.74, 6) is -0.528. The normalized spacial score (nSPS) is 10.5. The van der Waals surface area contributed by atoms with Crippen molar-refractivity contribution in [3.8, 4) is 11.9 Å². The van der Waals surface area contributed by atoms with Crippen LogP contribution >= 0.6 is 0 Å². The molecule has 0 saturated carbocycles. The summed E-state index contributed by atoms with van der Waals surface area (Å²) in [7, 11) is 0. The maximum atomic E-state index is 11.7. The van der Waals surface area contributed by atoms with Crippen molar-refractivity contribution in [1.82, 2.24) is 4.98 Å². The van der Waals surface area contributed by atoms with Gasteiger partial charge in [-0.1, -0.05) is 0 Å². The number of nitrogens with zero attached hydrogens (tertiary/aromatic N) is 4. The lowest BCUT2D eigenvalue weighted by Gasteiger charge is -2.02. The average Bonchev–Trinajstić information content (AvgIpc) is 2.47. The summed E-state index contributed by atoms with van der Waals surface area (Å²) in [6, 6.07) is 7.00. The van der Waals surface area contributed by atoms with Gasteiger partial charge in [0.05, 0.1) is 10.6 Å². The molecule has 0 atom stereocenters. The number of pyridine rings is 1. The first-order valence-electron chi connectivity index (χ1n) is 5.96. The van der Waals surface area contributed by atoms with Gasteiger partial charge in [0.15, 0.2) is 5.69 Å². The molecule has 0 radical (unpaired) electrons. The zero-order valence-corrected chi connectivity index (χ0v) is 11.3. The molecule has 0 aliphatic carbocycles. The van der Waals surface area contributed by atoms with Gasteiger partial charge in [0.25, 0.3) is 11.2 Å². The third kappa shape index (κ3) is 2.80. The quantitative estimate of drug-likeness (QED) is 0.508. The summed E-state index contributed by atoms with van der Waals surface area (Å²) in [6.07, 6.45) is 0. The van der Waals surface area contributed by atoms with Crippen LogP contribution in [-0.2, 0) is 0 Å². The molecular weight excluding hydrogens is 290 g/mol. The molecular formula is C13H9N5O4. The largest absolute Gasteiger partial charge is 0.494 e. The molecule has 0 fully saturated rings. The van der Waals surface area contributed by atoms with Gasteiger partial charge in [-0.3, -0.25) is 19.9 Å². The standard InChI is InChI=1S/C13H9N5O4/c1-7-10(6-14)12(19)15-13(20)11(7)17-16-8-2-4-9(5-3-8)18(21)22/h2-5H,1H3,(H2,15,19,20). The molecule has 0 amide bonds. The van der Waals surface area contributed by atoms with E-state index < -0.39 is 16.4 Å². The van der Waals surface area contributed by atoms with Crippen molar-refractivity contribution >= 4 is 17.1 Å². The van der Waals surface area contributed by atoms with Gasteiger partial charge in [-0.05, 0) is 19.1 Å². The molecule has 2 N–H and O–H groups in total. The van der Waals surface area contributed by atoms with Gasteiger partial charge in [0.2, 0.25) is 5.88 Å². The third-order valence-corrected chi connectivity index (χ3v) is 2.85. The topological polar surface area (TPSA) is 145 Å². The highest BCUT2D eigenvalue weighted by molar-refractivity contribution is 5.56. The molecule has 9 nitrogen and oxygen atoms in total. The fourth-order valence-corrected chi connectivity index (χ4v) is 1.70. The van der Waals surface area contributed by atoms with Crippen LogP contribution in [0.2, 0.25) is 0 Å². The van der Waals surface area contributed by atoms with E-state index in [-0.39, 0.29) is 22.5 Å². The van der Waals surface area contributed by atoms with Crippen LogP contribution in [0, 0.1) is 28.4 Å². The number of azo groups is 1. The molecule has 9 heteroatoms. The lowest BCUT2D eigenvalue weighted by atomic mass is 10.1. The fraction of sp³-hybridized carbons (Fsp3) is 0.0769. The first-order chi connectivity index (χ1) is 10.4. The number of rotatable bonds is 3. The van der Waals surface area contributed by atoms with Crippen LogP contribution < -0.4 is 5.56 Å².